The molecule has 4 fully saturated rings. The monoisotopic (exact) mass is 471 g/mol. The highest BCUT2D eigenvalue weighted by Gasteiger charge is 2.32. The Morgan fingerprint density at radius 2 is 1.06 bits per heavy atom. The number of hydrogen-bond acceptors (Lipinski definition) is 4. The van der Waals surface area contributed by atoms with Gasteiger partial charge < -0.3 is 14.9 Å². The normalized spacial score (nSPS) is 26.1. The van der Waals surface area contributed by atoms with Crippen molar-refractivity contribution in [3.05, 3.63) is 11.9 Å². The van der Waals surface area contributed by atoms with Gasteiger partial charge in [0.05, 0.1) is 18.3 Å². The molecule has 1 N–H and O–H groups in total. The van der Waals surface area contributed by atoms with Gasteiger partial charge in [0.15, 0.2) is 0 Å². The molecule has 4 saturated carbocycles. The quantitative estimate of drug-likeness (QED) is 0.361. The lowest BCUT2D eigenvalue weighted by atomic mass is 9.87. The van der Waals surface area contributed by atoms with Crippen molar-refractivity contribution in [2.45, 2.75) is 166 Å². The first-order valence-corrected chi connectivity index (χ1v) is 15.2. The van der Waals surface area contributed by atoms with Gasteiger partial charge in [-0.1, -0.05) is 77.0 Å². The first-order valence-electron chi connectivity index (χ1n) is 15.2. The Bertz CT molecular complexity index is 587. The van der Waals surface area contributed by atoms with Crippen molar-refractivity contribution in [1.29, 1.82) is 0 Å². The first kappa shape index (κ1) is 26.0. The van der Waals surface area contributed by atoms with Crippen LogP contribution in [0.5, 0.6) is 0 Å². The molecule has 0 heterocycles. The molecule has 0 amide bonds. The molecule has 0 aromatic carbocycles. The van der Waals surface area contributed by atoms with Gasteiger partial charge in [-0.3, -0.25) is 4.99 Å². The van der Waals surface area contributed by atoms with E-state index in [2.05, 4.69) is 22.2 Å². The van der Waals surface area contributed by atoms with Crippen molar-refractivity contribution in [3.63, 3.8) is 0 Å². The predicted octanol–water partition coefficient (Wildman–Crippen LogP) is 7.21. The van der Waals surface area contributed by atoms with Crippen LogP contribution in [-0.2, 0) is 0 Å². The largest absolute Gasteiger partial charge is 0.394 e. The van der Waals surface area contributed by atoms with Crippen LogP contribution in [0.1, 0.15) is 135 Å². The number of allylic oxidation sites excluding steroid dienone is 1. The van der Waals surface area contributed by atoms with E-state index >= 15 is 0 Å². The number of aliphatic imine (C=N–C) groups is 1. The van der Waals surface area contributed by atoms with E-state index in [1.165, 1.54) is 134 Å². The molecule has 0 aromatic heterocycles. The second kappa shape index (κ2) is 13.9. The highest BCUT2D eigenvalue weighted by Crippen LogP contribution is 2.35. The second-order valence-corrected chi connectivity index (χ2v) is 11.9. The summed E-state index contributed by atoms with van der Waals surface area (Å²) < 4.78 is 0. The third-order valence-electron chi connectivity index (χ3n) is 9.23. The molecular formula is C30H53N3O. The Morgan fingerprint density at radius 1 is 0.676 bits per heavy atom. The number of aliphatic hydroxyl groups excluding tert-OH is 1. The highest BCUT2D eigenvalue weighted by molar-refractivity contribution is 5.78. The third-order valence-corrected chi connectivity index (χ3v) is 9.23. The van der Waals surface area contributed by atoms with Gasteiger partial charge in [0.25, 0.3) is 0 Å². The lowest BCUT2D eigenvalue weighted by molar-refractivity contribution is 0.108. The molecule has 0 bridgehead atoms. The topological polar surface area (TPSA) is 39.1 Å². The van der Waals surface area contributed by atoms with Gasteiger partial charge in [0.1, 0.15) is 0 Å². The summed E-state index contributed by atoms with van der Waals surface area (Å²) in [6, 6.07) is 2.71. The summed E-state index contributed by atoms with van der Waals surface area (Å²) in [5, 5.41) is 9.72. The fraction of sp³-hybridized carbons (Fsp3) is 0.900. The second-order valence-electron chi connectivity index (χ2n) is 11.9. The summed E-state index contributed by atoms with van der Waals surface area (Å²) in [4.78, 5) is 10.6. The van der Waals surface area contributed by atoms with E-state index < -0.39 is 0 Å². The van der Waals surface area contributed by atoms with Gasteiger partial charge in [0.2, 0.25) is 0 Å². The molecule has 1 atom stereocenters. The number of nitrogens with zero attached hydrogens (tertiary/aromatic N) is 3. The molecular weight excluding hydrogens is 418 g/mol. The summed E-state index contributed by atoms with van der Waals surface area (Å²) in [6.45, 7) is 2.17. The van der Waals surface area contributed by atoms with Crippen LogP contribution in [0.15, 0.2) is 16.9 Å². The molecule has 194 valence electrons. The Morgan fingerprint density at radius 3 is 1.44 bits per heavy atom. The Labute approximate surface area is 210 Å². The van der Waals surface area contributed by atoms with E-state index in [-0.39, 0.29) is 12.6 Å². The Hall–Kier alpha value is -1.03. The van der Waals surface area contributed by atoms with E-state index in [0.717, 1.165) is 0 Å². The van der Waals surface area contributed by atoms with Gasteiger partial charge in [0, 0.05) is 36.6 Å². The average molecular weight is 472 g/mol. The molecule has 0 radical (unpaired) electrons. The van der Waals surface area contributed by atoms with Gasteiger partial charge >= 0.3 is 0 Å². The third kappa shape index (κ3) is 7.24. The molecule has 0 aromatic rings. The summed E-state index contributed by atoms with van der Waals surface area (Å²) in [7, 11) is 0. The average Bonchev–Trinajstić information content (AvgIpc) is 2.92. The van der Waals surface area contributed by atoms with Crippen molar-refractivity contribution >= 4 is 6.21 Å². The van der Waals surface area contributed by atoms with Crippen LogP contribution < -0.4 is 0 Å². The van der Waals surface area contributed by atoms with Crippen LogP contribution in [0.4, 0.5) is 0 Å². The summed E-state index contributed by atoms with van der Waals surface area (Å²) >= 11 is 0. The van der Waals surface area contributed by atoms with Crippen LogP contribution in [0.2, 0.25) is 0 Å². The number of rotatable bonds is 9. The van der Waals surface area contributed by atoms with E-state index in [0.29, 0.717) is 24.2 Å². The standard InChI is InChI=1S/C30H53N3O/c1-25(24-34)31-22-30(33(28-18-10-4-11-19-28)29-20-12-5-13-21-29)23-32(26-14-6-2-7-15-26)27-16-8-3-9-17-27/h22-23,25-29,34H,2-21,24H2,1H3/t25-/m0/s1. The van der Waals surface area contributed by atoms with Crippen molar-refractivity contribution < 1.29 is 5.11 Å². The van der Waals surface area contributed by atoms with Crippen LogP contribution in [-0.4, -0.2) is 57.9 Å². The Balaban J connectivity index is 1.69. The lowest BCUT2D eigenvalue weighted by Gasteiger charge is -2.46. The van der Waals surface area contributed by atoms with Crippen LogP contribution >= 0.6 is 0 Å². The molecule has 0 unspecified atom stereocenters. The molecule has 4 aliphatic carbocycles. The molecule has 0 aliphatic heterocycles. The van der Waals surface area contributed by atoms with E-state index in [1.807, 2.05) is 6.92 Å². The maximum absolute atomic E-state index is 9.72. The van der Waals surface area contributed by atoms with Crippen molar-refractivity contribution in [1.82, 2.24) is 9.80 Å². The SMILES string of the molecule is C[C@@H](CO)N=CC(=CN(C1CCCCC1)C1CCCCC1)N(C1CCCCC1)C1CCCCC1. The zero-order valence-electron chi connectivity index (χ0n) is 22.2. The van der Waals surface area contributed by atoms with Crippen molar-refractivity contribution in [3.8, 4) is 0 Å². The molecule has 4 nitrogen and oxygen atoms in total. The molecule has 0 spiro atoms. The van der Waals surface area contributed by atoms with E-state index in [9.17, 15) is 5.11 Å². The smallest absolute Gasteiger partial charge is 0.0714 e. The van der Waals surface area contributed by atoms with Crippen molar-refractivity contribution in [2.75, 3.05) is 6.61 Å². The maximum atomic E-state index is 9.72. The summed E-state index contributed by atoms with van der Waals surface area (Å²) in [6.07, 6.45) is 32.3. The van der Waals surface area contributed by atoms with Crippen LogP contribution in [0.3, 0.4) is 0 Å². The van der Waals surface area contributed by atoms with E-state index in [1.54, 1.807) is 0 Å². The van der Waals surface area contributed by atoms with Crippen LogP contribution in [0.25, 0.3) is 0 Å². The zero-order chi connectivity index (χ0) is 23.6. The van der Waals surface area contributed by atoms with Gasteiger partial charge in [-0.2, -0.15) is 0 Å². The molecule has 0 saturated heterocycles. The molecule has 4 aliphatic rings. The fourth-order valence-corrected chi connectivity index (χ4v) is 7.28. The predicted molar refractivity (Wildman–Crippen MR) is 144 cm³/mol. The highest BCUT2D eigenvalue weighted by atomic mass is 16.3. The van der Waals surface area contributed by atoms with Crippen LogP contribution in [0, 0.1) is 0 Å². The minimum atomic E-state index is -0.0271. The minimum Gasteiger partial charge on any atom is -0.394 e. The molecule has 4 rings (SSSR count). The zero-order valence-corrected chi connectivity index (χ0v) is 22.2. The van der Waals surface area contributed by atoms with Gasteiger partial charge in [-0.25, -0.2) is 0 Å². The van der Waals surface area contributed by atoms with Gasteiger partial charge in [-0.15, -0.1) is 0 Å². The van der Waals surface area contributed by atoms with Crippen molar-refractivity contribution in [2.24, 2.45) is 4.99 Å². The maximum Gasteiger partial charge on any atom is 0.0714 e. The summed E-state index contributed by atoms with van der Waals surface area (Å²) in [5.74, 6) is 0. The fourth-order valence-electron chi connectivity index (χ4n) is 7.28. The molecule has 34 heavy (non-hydrogen) atoms. The Kier molecular flexibility index (Phi) is 10.6. The van der Waals surface area contributed by atoms with Gasteiger partial charge in [-0.05, 0) is 58.3 Å². The minimum absolute atomic E-state index is 0.0271. The van der Waals surface area contributed by atoms with E-state index in [4.69, 9.17) is 4.99 Å². The first-order chi connectivity index (χ1) is 16.8. The summed E-state index contributed by atoms with van der Waals surface area (Å²) in [5.41, 5.74) is 1.37. The number of aliphatic hydroxyl groups is 1. The lowest BCUT2D eigenvalue weighted by Crippen LogP contribution is -2.47. The number of hydrogen-bond donors (Lipinski definition) is 1. The molecule has 4 heteroatoms.